The Balaban J connectivity index is 2.22. The molecule has 108 valence electrons. The quantitative estimate of drug-likeness (QED) is 0.920. The molecule has 4 nitrogen and oxygen atoms in total. The van der Waals surface area contributed by atoms with Crippen LogP contribution in [-0.2, 0) is 13.2 Å². The SMILES string of the molecule is COc1cccc(CN)c1OCc1ccc(C#N)cc1Cl. The first-order chi connectivity index (χ1) is 10.2. The van der Waals surface area contributed by atoms with E-state index in [2.05, 4.69) is 0 Å². The van der Waals surface area contributed by atoms with Crippen LogP contribution in [0.5, 0.6) is 11.5 Å². The number of rotatable bonds is 5. The number of methoxy groups -OCH3 is 1. The number of nitrogens with two attached hydrogens (primary N) is 1. The average Bonchev–Trinajstić information content (AvgIpc) is 2.53. The summed E-state index contributed by atoms with van der Waals surface area (Å²) < 4.78 is 11.1. The van der Waals surface area contributed by atoms with Gasteiger partial charge in [0.1, 0.15) is 6.61 Å². The summed E-state index contributed by atoms with van der Waals surface area (Å²) in [5.41, 5.74) is 7.89. The van der Waals surface area contributed by atoms with E-state index in [-0.39, 0.29) is 6.61 Å². The van der Waals surface area contributed by atoms with E-state index in [0.717, 1.165) is 11.1 Å². The van der Waals surface area contributed by atoms with Crippen molar-refractivity contribution in [2.45, 2.75) is 13.2 Å². The summed E-state index contributed by atoms with van der Waals surface area (Å²) in [5, 5.41) is 9.33. The zero-order valence-corrected chi connectivity index (χ0v) is 12.4. The van der Waals surface area contributed by atoms with Gasteiger partial charge in [0.25, 0.3) is 0 Å². The predicted molar refractivity (Wildman–Crippen MR) is 81.4 cm³/mol. The van der Waals surface area contributed by atoms with Gasteiger partial charge in [0.05, 0.1) is 18.7 Å². The van der Waals surface area contributed by atoms with Gasteiger partial charge >= 0.3 is 0 Å². The third kappa shape index (κ3) is 3.46. The fourth-order valence-electron chi connectivity index (χ4n) is 1.93. The van der Waals surface area contributed by atoms with Crippen LogP contribution in [0, 0.1) is 11.3 Å². The van der Waals surface area contributed by atoms with E-state index in [4.69, 9.17) is 32.1 Å². The van der Waals surface area contributed by atoms with Crippen LogP contribution >= 0.6 is 11.6 Å². The number of halogens is 1. The van der Waals surface area contributed by atoms with E-state index in [0.29, 0.717) is 28.6 Å². The second-order valence-electron chi connectivity index (χ2n) is 4.36. The molecular formula is C16H15ClN2O2. The summed E-state index contributed by atoms with van der Waals surface area (Å²) in [5.74, 6) is 1.24. The van der Waals surface area contributed by atoms with Crippen LogP contribution in [-0.4, -0.2) is 7.11 Å². The van der Waals surface area contributed by atoms with Crippen molar-refractivity contribution in [3.8, 4) is 17.6 Å². The molecule has 21 heavy (non-hydrogen) atoms. The average molecular weight is 303 g/mol. The summed E-state index contributed by atoms with van der Waals surface area (Å²) in [7, 11) is 1.58. The smallest absolute Gasteiger partial charge is 0.166 e. The molecule has 0 aliphatic heterocycles. The van der Waals surface area contributed by atoms with Gasteiger partial charge in [0.15, 0.2) is 11.5 Å². The highest BCUT2D eigenvalue weighted by Crippen LogP contribution is 2.32. The summed E-state index contributed by atoms with van der Waals surface area (Å²) in [4.78, 5) is 0. The van der Waals surface area contributed by atoms with Crippen molar-refractivity contribution in [2.24, 2.45) is 5.73 Å². The van der Waals surface area contributed by atoms with E-state index in [1.165, 1.54) is 0 Å². The van der Waals surface area contributed by atoms with Crippen molar-refractivity contribution in [2.75, 3.05) is 7.11 Å². The van der Waals surface area contributed by atoms with Crippen LogP contribution in [0.3, 0.4) is 0 Å². The van der Waals surface area contributed by atoms with Crippen LogP contribution in [0.2, 0.25) is 5.02 Å². The first-order valence-corrected chi connectivity index (χ1v) is 6.74. The molecule has 0 unspecified atom stereocenters. The minimum Gasteiger partial charge on any atom is -0.493 e. The third-order valence-corrected chi connectivity index (χ3v) is 3.41. The second-order valence-corrected chi connectivity index (χ2v) is 4.77. The zero-order valence-electron chi connectivity index (χ0n) is 11.6. The molecule has 2 aromatic carbocycles. The molecular weight excluding hydrogens is 288 g/mol. The Kier molecular flexibility index (Phi) is 5.04. The lowest BCUT2D eigenvalue weighted by atomic mass is 10.1. The van der Waals surface area contributed by atoms with Gasteiger partial charge in [0, 0.05) is 22.7 Å². The van der Waals surface area contributed by atoms with Crippen molar-refractivity contribution < 1.29 is 9.47 Å². The maximum atomic E-state index is 8.83. The molecule has 2 N–H and O–H groups in total. The van der Waals surface area contributed by atoms with Crippen molar-refractivity contribution in [3.05, 3.63) is 58.1 Å². The first kappa shape index (κ1) is 15.2. The van der Waals surface area contributed by atoms with Crippen LogP contribution in [0.25, 0.3) is 0 Å². The molecule has 0 atom stereocenters. The maximum Gasteiger partial charge on any atom is 0.166 e. The lowest BCUT2D eigenvalue weighted by molar-refractivity contribution is 0.281. The number of benzene rings is 2. The van der Waals surface area contributed by atoms with Gasteiger partial charge in [-0.3, -0.25) is 0 Å². The summed E-state index contributed by atoms with van der Waals surface area (Å²) >= 11 is 6.13. The summed E-state index contributed by atoms with van der Waals surface area (Å²) in [6, 6.07) is 12.7. The largest absolute Gasteiger partial charge is 0.493 e. The van der Waals surface area contributed by atoms with Gasteiger partial charge in [-0.15, -0.1) is 0 Å². The highest BCUT2D eigenvalue weighted by Gasteiger charge is 2.11. The highest BCUT2D eigenvalue weighted by atomic mass is 35.5. The molecule has 0 fully saturated rings. The fraction of sp³-hybridized carbons (Fsp3) is 0.188. The molecule has 2 aromatic rings. The Morgan fingerprint density at radius 2 is 2.05 bits per heavy atom. The lowest BCUT2D eigenvalue weighted by Crippen LogP contribution is -2.04. The van der Waals surface area contributed by atoms with Crippen LogP contribution in [0.4, 0.5) is 0 Å². The minimum absolute atomic E-state index is 0.276. The standard InChI is InChI=1S/C16H15ClN2O2/c1-20-15-4-2-3-12(9-19)16(15)21-10-13-6-5-11(8-18)7-14(13)17/h2-7H,9-10,19H2,1H3. The maximum absolute atomic E-state index is 8.83. The molecule has 5 heteroatoms. The molecule has 0 aliphatic rings. The lowest BCUT2D eigenvalue weighted by Gasteiger charge is -2.14. The topological polar surface area (TPSA) is 68.3 Å². The van der Waals surface area contributed by atoms with Gasteiger partial charge in [0.2, 0.25) is 0 Å². The van der Waals surface area contributed by atoms with Crippen LogP contribution < -0.4 is 15.2 Å². The molecule has 0 aromatic heterocycles. The Morgan fingerprint density at radius 3 is 2.67 bits per heavy atom. The molecule has 2 rings (SSSR count). The molecule has 0 bridgehead atoms. The van der Waals surface area contributed by atoms with Gasteiger partial charge in [-0.25, -0.2) is 0 Å². The Morgan fingerprint density at radius 1 is 1.24 bits per heavy atom. The molecule has 0 saturated heterocycles. The van der Waals surface area contributed by atoms with Crippen LogP contribution in [0.1, 0.15) is 16.7 Å². The number of para-hydroxylation sites is 1. The normalized spacial score (nSPS) is 10.0. The Labute approximate surface area is 128 Å². The summed E-state index contributed by atoms with van der Waals surface area (Å²) in [6.45, 7) is 0.631. The van der Waals surface area contributed by atoms with Crippen molar-refractivity contribution >= 4 is 11.6 Å². The van der Waals surface area contributed by atoms with E-state index in [9.17, 15) is 0 Å². The molecule has 0 radical (unpaired) electrons. The van der Waals surface area contributed by atoms with Crippen molar-refractivity contribution in [3.63, 3.8) is 0 Å². The van der Waals surface area contributed by atoms with E-state index < -0.39 is 0 Å². The molecule has 0 spiro atoms. The number of nitrogens with zero attached hydrogens (tertiary/aromatic N) is 1. The zero-order chi connectivity index (χ0) is 15.2. The van der Waals surface area contributed by atoms with Gasteiger partial charge in [-0.05, 0) is 18.2 Å². The number of ether oxygens (including phenoxy) is 2. The predicted octanol–water partition coefficient (Wildman–Crippen LogP) is 3.26. The van der Waals surface area contributed by atoms with Gasteiger partial charge in [-0.2, -0.15) is 5.26 Å². The van der Waals surface area contributed by atoms with Crippen molar-refractivity contribution in [1.82, 2.24) is 0 Å². The fourth-order valence-corrected chi connectivity index (χ4v) is 2.17. The number of nitriles is 1. The Bertz CT molecular complexity index is 658. The van der Waals surface area contributed by atoms with Crippen molar-refractivity contribution in [1.29, 1.82) is 5.26 Å². The number of hydrogen-bond donors (Lipinski definition) is 1. The minimum atomic E-state index is 0.276. The monoisotopic (exact) mass is 302 g/mol. The highest BCUT2D eigenvalue weighted by molar-refractivity contribution is 6.31. The van der Waals surface area contributed by atoms with E-state index in [1.54, 1.807) is 25.3 Å². The van der Waals surface area contributed by atoms with Crippen LogP contribution in [0.15, 0.2) is 36.4 Å². The first-order valence-electron chi connectivity index (χ1n) is 6.37. The van der Waals surface area contributed by atoms with Gasteiger partial charge < -0.3 is 15.2 Å². The van der Waals surface area contributed by atoms with E-state index in [1.807, 2.05) is 24.3 Å². The second kappa shape index (κ2) is 6.98. The number of hydrogen-bond acceptors (Lipinski definition) is 4. The Hall–Kier alpha value is -2.22. The summed E-state index contributed by atoms with van der Waals surface area (Å²) in [6.07, 6.45) is 0. The molecule has 0 aliphatic carbocycles. The third-order valence-electron chi connectivity index (χ3n) is 3.05. The van der Waals surface area contributed by atoms with E-state index >= 15 is 0 Å². The molecule has 0 saturated carbocycles. The molecule has 0 amide bonds. The van der Waals surface area contributed by atoms with Gasteiger partial charge in [-0.1, -0.05) is 29.8 Å². The molecule has 0 heterocycles.